The Kier molecular flexibility index (Phi) is 6.41. The smallest absolute Gasteiger partial charge is 0.270 e. The van der Waals surface area contributed by atoms with Crippen LogP contribution in [0.4, 0.5) is 17.1 Å². The number of carbonyl (C=O) groups is 2. The summed E-state index contributed by atoms with van der Waals surface area (Å²) in [4.78, 5) is 27.8. The highest BCUT2D eigenvalue weighted by Gasteiger charge is 2.16. The van der Waals surface area contributed by atoms with Crippen molar-refractivity contribution < 1.29 is 9.59 Å². The second kappa shape index (κ2) is 9.16. The zero-order chi connectivity index (χ0) is 19.1. The van der Waals surface area contributed by atoms with E-state index in [1.807, 2.05) is 30.3 Å². The van der Waals surface area contributed by atoms with Gasteiger partial charge in [-0.05, 0) is 49.2 Å². The number of benzene rings is 1. The summed E-state index contributed by atoms with van der Waals surface area (Å²) in [5.74, 6) is -0.222. The Morgan fingerprint density at radius 3 is 2.26 bits per heavy atom. The molecule has 2 amide bonds. The summed E-state index contributed by atoms with van der Waals surface area (Å²) in [5.41, 5.74) is 2.82. The molecule has 0 atom stereocenters. The van der Waals surface area contributed by atoms with E-state index in [2.05, 4.69) is 20.9 Å². The Labute approximate surface area is 159 Å². The van der Waals surface area contributed by atoms with E-state index in [4.69, 9.17) is 0 Å². The van der Waals surface area contributed by atoms with Gasteiger partial charge in [0, 0.05) is 36.2 Å². The monoisotopic (exact) mass is 366 g/mol. The van der Waals surface area contributed by atoms with Gasteiger partial charge < -0.3 is 16.0 Å². The normalized spacial score (nSPS) is 14.9. The molecule has 3 rings (SSSR count). The molecule has 1 saturated carbocycles. The van der Waals surface area contributed by atoms with Crippen molar-refractivity contribution in [2.45, 2.75) is 51.5 Å². The number of nitrogens with one attached hydrogen (secondary N) is 3. The van der Waals surface area contributed by atoms with Crippen LogP contribution in [0.15, 0.2) is 42.6 Å². The number of rotatable bonds is 5. The third-order valence-corrected chi connectivity index (χ3v) is 4.68. The van der Waals surface area contributed by atoms with Crippen LogP contribution in [0.5, 0.6) is 0 Å². The molecule has 3 N–H and O–H groups in total. The van der Waals surface area contributed by atoms with E-state index in [-0.39, 0.29) is 17.9 Å². The van der Waals surface area contributed by atoms with Crippen molar-refractivity contribution in [3.63, 3.8) is 0 Å². The first-order valence-electron chi connectivity index (χ1n) is 9.52. The lowest BCUT2D eigenvalue weighted by molar-refractivity contribution is -0.114. The molecule has 1 fully saturated rings. The second-order valence-corrected chi connectivity index (χ2v) is 6.98. The van der Waals surface area contributed by atoms with Gasteiger partial charge in [-0.25, -0.2) is 0 Å². The van der Waals surface area contributed by atoms with Crippen molar-refractivity contribution in [3.8, 4) is 0 Å². The van der Waals surface area contributed by atoms with Gasteiger partial charge in [0.25, 0.3) is 5.91 Å². The fourth-order valence-corrected chi connectivity index (χ4v) is 3.32. The van der Waals surface area contributed by atoms with Gasteiger partial charge >= 0.3 is 0 Å². The van der Waals surface area contributed by atoms with E-state index in [1.54, 1.807) is 12.3 Å². The number of nitrogens with zero attached hydrogens (tertiary/aromatic N) is 1. The Morgan fingerprint density at radius 2 is 1.59 bits per heavy atom. The zero-order valence-corrected chi connectivity index (χ0v) is 15.6. The first-order chi connectivity index (χ1) is 13.1. The van der Waals surface area contributed by atoms with Gasteiger partial charge in [0.05, 0.1) is 0 Å². The van der Waals surface area contributed by atoms with Crippen LogP contribution < -0.4 is 16.0 Å². The van der Waals surface area contributed by atoms with E-state index in [0.717, 1.165) is 29.9 Å². The predicted molar refractivity (Wildman–Crippen MR) is 107 cm³/mol. The molecule has 1 aliphatic rings. The molecular formula is C21H26N4O2. The fourth-order valence-electron chi connectivity index (χ4n) is 3.32. The van der Waals surface area contributed by atoms with E-state index < -0.39 is 0 Å². The third-order valence-electron chi connectivity index (χ3n) is 4.68. The summed E-state index contributed by atoms with van der Waals surface area (Å²) in [6, 6.07) is 11.2. The van der Waals surface area contributed by atoms with Crippen LogP contribution in [0.2, 0.25) is 0 Å². The van der Waals surface area contributed by atoms with Gasteiger partial charge in [-0.15, -0.1) is 0 Å². The van der Waals surface area contributed by atoms with Crippen molar-refractivity contribution in [1.82, 2.24) is 10.3 Å². The van der Waals surface area contributed by atoms with Crippen LogP contribution in [0.1, 0.15) is 55.9 Å². The Morgan fingerprint density at radius 1 is 0.926 bits per heavy atom. The molecule has 1 aliphatic carbocycles. The van der Waals surface area contributed by atoms with Crippen LogP contribution in [-0.2, 0) is 4.79 Å². The number of anilines is 3. The van der Waals surface area contributed by atoms with Crippen LogP contribution in [-0.4, -0.2) is 22.8 Å². The highest BCUT2D eigenvalue weighted by molar-refractivity contribution is 5.93. The van der Waals surface area contributed by atoms with Gasteiger partial charge in [0.2, 0.25) is 5.91 Å². The summed E-state index contributed by atoms with van der Waals surface area (Å²) in [6.45, 7) is 1.48. The molecule has 6 nitrogen and oxygen atoms in total. The van der Waals surface area contributed by atoms with Crippen LogP contribution in [0.3, 0.4) is 0 Å². The number of pyridine rings is 1. The quantitative estimate of drug-likeness (QED) is 0.691. The first-order valence-corrected chi connectivity index (χ1v) is 9.52. The Hall–Kier alpha value is -2.89. The first kappa shape index (κ1) is 18.9. The Balaban J connectivity index is 1.62. The second-order valence-electron chi connectivity index (χ2n) is 6.98. The van der Waals surface area contributed by atoms with E-state index in [1.165, 1.54) is 32.6 Å². The molecule has 1 aromatic carbocycles. The van der Waals surface area contributed by atoms with Gasteiger partial charge in [0.15, 0.2) is 0 Å². The highest BCUT2D eigenvalue weighted by Crippen LogP contribution is 2.20. The molecule has 0 radical (unpaired) electrons. The maximum Gasteiger partial charge on any atom is 0.270 e. The molecule has 6 heteroatoms. The lowest BCUT2D eigenvalue weighted by atomic mass is 10.1. The summed E-state index contributed by atoms with van der Waals surface area (Å²) < 4.78 is 0. The molecule has 1 aromatic heterocycles. The van der Waals surface area contributed by atoms with Crippen molar-refractivity contribution in [2.75, 3.05) is 10.6 Å². The minimum atomic E-state index is -0.119. The maximum absolute atomic E-state index is 12.5. The molecule has 2 aromatic rings. The van der Waals surface area contributed by atoms with Gasteiger partial charge in [-0.3, -0.25) is 14.6 Å². The molecule has 0 unspecified atom stereocenters. The standard InChI is InChI=1S/C21H26N4O2/c1-15(26)23-17-8-10-18(11-9-17)24-19-12-13-22-20(14-19)21(27)25-16-6-4-2-3-5-7-16/h8-14,16H,2-7H2,1H3,(H,22,24)(H,23,26)(H,25,27). The average Bonchev–Trinajstić information content (AvgIpc) is 2.92. The van der Waals surface area contributed by atoms with Crippen molar-refractivity contribution in [1.29, 1.82) is 0 Å². The highest BCUT2D eigenvalue weighted by atomic mass is 16.2. The number of carbonyl (C=O) groups excluding carboxylic acids is 2. The molecular weight excluding hydrogens is 340 g/mol. The summed E-state index contributed by atoms with van der Waals surface area (Å²) in [7, 11) is 0. The summed E-state index contributed by atoms with van der Waals surface area (Å²) >= 11 is 0. The van der Waals surface area contributed by atoms with Gasteiger partial charge in [-0.1, -0.05) is 25.7 Å². The molecule has 0 aliphatic heterocycles. The molecule has 1 heterocycles. The SMILES string of the molecule is CC(=O)Nc1ccc(Nc2ccnc(C(=O)NC3CCCCCC3)c2)cc1. The average molecular weight is 366 g/mol. The number of hydrogen-bond donors (Lipinski definition) is 3. The van der Waals surface area contributed by atoms with Crippen LogP contribution in [0, 0.1) is 0 Å². The lowest BCUT2D eigenvalue weighted by Crippen LogP contribution is -2.34. The molecule has 0 spiro atoms. The zero-order valence-electron chi connectivity index (χ0n) is 15.6. The molecule has 0 saturated heterocycles. The van der Waals surface area contributed by atoms with E-state index >= 15 is 0 Å². The van der Waals surface area contributed by atoms with Crippen LogP contribution in [0.25, 0.3) is 0 Å². The minimum Gasteiger partial charge on any atom is -0.355 e. The predicted octanol–water partition coefficient (Wildman–Crippen LogP) is 4.24. The van der Waals surface area contributed by atoms with Gasteiger partial charge in [0.1, 0.15) is 5.69 Å². The third kappa shape index (κ3) is 5.81. The largest absolute Gasteiger partial charge is 0.355 e. The summed E-state index contributed by atoms with van der Waals surface area (Å²) in [5, 5.41) is 9.12. The van der Waals surface area contributed by atoms with Crippen molar-refractivity contribution in [3.05, 3.63) is 48.3 Å². The van der Waals surface area contributed by atoms with E-state index in [0.29, 0.717) is 5.69 Å². The van der Waals surface area contributed by atoms with Crippen molar-refractivity contribution >= 4 is 28.9 Å². The number of amides is 2. The Bertz CT molecular complexity index is 781. The number of aromatic nitrogens is 1. The topological polar surface area (TPSA) is 83.1 Å². The maximum atomic E-state index is 12.5. The fraction of sp³-hybridized carbons (Fsp3) is 0.381. The number of hydrogen-bond acceptors (Lipinski definition) is 4. The van der Waals surface area contributed by atoms with E-state index in [9.17, 15) is 9.59 Å². The van der Waals surface area contributed by atoms with Crippen LogP contribution >= 0.6 is 0 Å². The molecule has 0 bridgehead atoms. The molecule has 142 valence electrons. The lowest BCUT2D eigenvalue weighted by Gasteiger charge is -2.16. The minimum absolute atomic E-state index is 0.103. The summed E-state index contributed by atoms with van der Waals surface area (Å²) in [6.07, 6.45) is 8.59. The van der Waals surface area contributed by atoms with Gasteiger partial charge in [-0.2, -0.15) is 0 Å². The van der Waals surface area contributed by atoms with Crippen molar-refractivity contribution in [2.24, 2.45) is 0 Å². The molecule has 27 heavy (non-hydrogen) atoms.